The zero-order valence-corrected chi connectivity index (χ0v) is 14.1. The summed E-state index contributed by atoms with van der Waals surface area (Å²) in [6.07, 6.45) is 6.84. The van der Waals surface area contributed by atoms with Gasteiger partial charge in [0, 0.05) is 35.8 Å². The van der Waals surface area contributed by atoms with Crippen LogP contribution in [0, 0.1) is 0 Å². The first kappa shape index (κ1) is 15.8. The topological polar surface area (TPSA) is 72.8 Å². The van der Waals surface area contributed by atoms with Gasteiger partial charge in [0.05, 0.1) is 30.3 Å². The van der Waals surface area contributed by atoms with Gasteiger partial charge in [-0.1, -0.05) is 12.1 Å². The van der Waals surface area contributed by atoms with Crippen molar-refractivity contribution < 1.29 is 4.74 Å². The molecule has 3 aromatic heterocycles. The number of H-pyrrole nitrogens is 1. The molecule has 0 unspecified atom stereocenters. The maximum atomic E-state index is 12.5. The number of aromatic nitrogens is 4. The van der Waals surface area contributed by atoms with E-state index in [4.69, 9.17) is 4.74 Å². The fourth-order valence-corrected chi connectivity index (χ4v) is 2.83. The average molecular weight is 344 g/mol. The molecule has 4 aromatic rings. The van der Waals surface area contributed by atoms with Crippen LogP contribution in [0.25, 0.3) is 28.1 Å². The van der Waals surface area contributed by atoms with Crippen LogP contribution in [-0.2, 0) is 0 Å². The number of pyridine rings is 2. The number of hydrogen-bond acceptors (Lipinski definition) is 4. The van der Waals surface area contributed by atoms with Gasteiger partial charge in [-0.05, 0) is 30.3 Å². The molecule has 0 aliphatic carbocycles. The van der Waals surface area contributed by atoms with Gasteiger partial charge in [0.2, 0.25) is 0 Å². The predicted molar refractivity (Wildman–Crippen MR) is 99.4 cm³/mol. The van der Waals surface area contributed by atoms with E-state index in [-0.39, 0.29) is 5.56 Å². The van der Waals surface area contributed by atoms with Crippen molar-refractivity contribution in [2.75, 3.05) is 7.11 Å². The monoisotopic (exact) mass is 344 g/mol. The van der Waals surface area contributed by atoms with E-state index in [0.717, 1.165) is 22.6 Å². The number of ether oxygens (including phenoxy) is 1. The van der Waals surface area contributed by atoms with E-state index in [0.29, 0.717) is 11.3 Å². The first-order valence-electron chi connectivity index (χ1n) is 8.08. The molecule has 0 aliphatic heterocycles. The zero-order valence-electron chi connectivity index (χ0n) is 14.1. The highest BCUT2D eigenvalue weighted by atomic mass is 16.5. The van der Waals surface area contributed by atoms with E-state index in [2.05, 4.69) is 15.1 Å². The van der Waals surface area contributed by atoms with E-state index in [1.165, 1.54) is 0 Å². The number of nitrogens with zero attached hydrogens (tertiary/aromatic N) is 3. The number of methoxy groups -OCH3 is 1. The molecule has 3 heterocycles. The lowest BCUT2D eigenvalue weighted by atomic mass is 10.1. The minimum Gasteiger partial charge on any atom is -0.497 e. The average Bonchev–Trinajstić information content (AvgIpc) is 3.19. The third-order valence-corrected chi connectivity index (χ3v) is 4.11. The summed E-state index contributed by atoms with van der Waals surface area (Å²) in [7, 11) is 1.62. The van der Waals surface area contributed by atoms with E-state index in [1.54, 1.807) is 36.6 Å². The SMILES string of the molecule is COc1cccc(-n2nccc2-c2cc(-c3cccnc3)c[nH]c2=O)c1. The highest BCUT2D eigenvalue weighted by Gasteiger charge is 2.13. The molecule has 0 radical (unpaired) electrons. The molecule has 0 aliphatic rings. The maximum absolute atomic E-state index is 12.5. The first-order chi connectivity index (χ1) is 12.8. The molecule has 0 atom stereocenters. The quantitative estimate of drug-likeness (QED) is 0.616. The van der Waals surface area contributed by atoms with Gasteiger partial charge in [-0.25, -0.2) is 4.68 Å². The summed E-state index contributed by atoms with van der Waals surface area (Å²) < 4.78 is 7.01. The molecule has 4 rings (SSSR count). The van der Waals surface area contributed by atoms with Gasteiger partial charge in [0.1, 0.15) is 5.75 Å². The summed E-state index contributed by atoms with van der Waals surface area (Å²) in [5, 5.41) is 4.38. The Bertz CT molecular complexity index is 1100. The van der Waals surface area contributed by atoms with E-state index >= 15 is 0 Å². The Hall–Kier alpha value is -3.67. The second kappa shape index (κ2) is 6.68. The Kier molecular flexibility index (Phi) is 4.07. The Morgan fingerprint density at radius 1 is 1.04 bits per heavy atom. The maximum Gasteiger partial charge on any atom is 0.257 e. The van der Waals surface area contributed by atoms with Crippen molar-refractivity contribution >= 4 is 0 Å². The van der Waals surface area contributed by atoms with Crippen molar-refractivity contribution in [2.45, 2.75) is 0 Å². The third-order valence-electron chi connectivity index (χ3n) is 4.11. The molecule has 26 heavy (non-hydrogen) atoms. The van der Waals surface area contributed by atoms with Gasteiger partial charge in [-0.2, -0.15) is 5.10 Å². The Balaban J connectivity index is 1.85. The van der Waals surface area contributed by atoms with Crippen molar-refractivity contribution in [3.8, 4) is 33.8 Å². The van der Waals surface area contributed by atoms with Gasteiger partial charge in [-0.15, -0.1) is 0 Å². The number of hydrogen-bond donors (Lipinski definition) is 1. The van der Waals surface area contributed by atoms with Crippen molar-refractivity contribution in [2.24, 2.45) is 0 Å². The van der Waals surface area contributed by atoms with Gasteiger partial charge >= 0.3 is 0 Å². The van der Waals surface area contributed by atoms with Crippen LogP contribution in [0.5, 0.6) is 5.75 Å². The number of aromatic amines is 1. The van der Waals surface area contributed by atoms with Gasteiger partial charge < -0.3 is 9.72 Å². The molecule has 128 valence electrons. The molecule has 0 bridgehead atoms. The third kappa shape index (κ3) is 2.88. The molecule has 0 fully saturated rings. The number of rotatable bonds is 4. The largest absolute Gasteiger partial charge is 0.497 e. The van der Waals surface area contributed by atoms with E-state index in [9.17, 15) is 4.79 Å². The highest BCUT2D eigenvalue weighted by molar-refractivity contribution is 5.70. The molecule has 6 nitrogen and oxygen atoms in total. The zero-order chi connectivity index (χ0) is 17.9. The van der Waals surface area contributed by atoms with E-state index in [1.807, 2.05) is 48.5 Å². The lowest BCUT2D eigenvalue weighted by Crippen LogP contribution is -2.11. The Morgan fingerprint density at radius 3 is 2.77 bits per heavy atom. The summed E-state index contributed by atoms with van der Waals surface area (Å²) in [5.41, 5.74) is 3.68. The fraction of sp³-hybridized carbons (Fsp3) is 0.0500. The van der Waals surface area contributed by atoms with Crippen LogP contribution in [0.1, 0.15) is 0 Å². The first-order valence-corrected chi connectivity index (χ1v) is 8.08. The second-order valence-electron chi connectivity index (χ2n) is 5.70. The predicted octanol–water partition coefficient (Wildman–Crippen LogP) is 3.30. The van der Waals surface area contributed by atoms with Crippen LogP contribution in [0.2, 0.25) is 0 Å². The molecule has 0 spiro atoms. The lowest BCUT2D eigenvalue weighted by molar-refractivity contribution is 0.414. The smallest absolute Gasteiger partial charge is 0.257 e. The fourth-order valence-electron chi connectivity index (χ4n) is 2.83. The van der Waals surface area contributed by atoms with Crippen LogP contribution in [0.15, 0.2) is 78.1 Å². The van der Waals surface area contributed by atoms with Crippen LogP contribution in [0.4, 0.5) is 0 Å². The Labute approximate surface area is 149 Å². The number of benzene rings is 1. The summed E-state index contributed by atoms with van der Waals surface area (Å²) in [5.74, 6) is 0.724. The van der Waals surface area contributed by atoms with Crippen molar-refractivity contribution in [1.82, 2.24) is 19.7 Å². The minimum atomic E-state index is -0.178. The van der Waals surface area contributed by atoms with Crippen LogP contribution in [0.3, 0.4) is 0 Å². The molecule has 0 saturated heterocycles. The van der Waals surface area contributed by atoms with Crippen LogP contribution in [-0.4, -0.2) is 26.9 Å². The van der Waals surface area contributed by atoms with Crippen molar-refractivity contribution in [3.05, 3.63) is 83.7 Å². The molecular formula is C20H16N4O2. The molecular weight excluding hydrogens is 328 g/mol. The summed E-state index contributed by atoms with van der Waals surface area (Å²) in [6.45, 7) is 0. The molecule has 0 saturated carbocycles. The van der Waals surface area contributed by atoms with Gasteiger partial charge in [-0.3, -0.25) is 9.78 Å². The Morgan fingerprint density at radius 2 is 1.96 bits per heavy atom. The van der Waals surface area contributed by atoms with Crippen molar-refractivity contribution in [1.29, 1.82) is 0 Å². The molecule has 1 aromatic carbocycles. The van der Waals surface area contributed by atoms with Crippen LogP contribution < -0.4 is 10.3 Å². The van der Waals surface area contributed by atoms with Crippen LogP contribution >= 0.6 is 0 Å². The molecule has 0 amide bonds. The van der Waals surface area contributed by atoms with Crippen molar-refractivity contribution in [3.63, 3.8) is 0 Å². The highest BCUT2D eigenvalue weighted by Crippen LogP contribution is 2.25. The summed E-state index contributed by atoms with van der Waals surface area (Å²) in [6, 6.07) is 15.0. The summed E-state index contributed by atoms with van der Waals surface area (Å²) in [4.78, 5) is 19.4. The normalized spacial score (nSPS) is 10.7. The van der Waals surface area contributed by atoms with Gasteiger partial charge in [0.15, 0.2) is 0 Å². The van der Waals surface area contributed by atoms with E-state index < -0.39 is 0 Å². The van der Waals surface area contributed by atoms with Gasteiger partial charge in [0.25, 0.3) is 5.56 Å². The standard InChI is InChI=1S/C20H16N4O2/c1-26-17-6-2-5-16(11-17)24-19(7-9-23-24)18-10-15(13-22-20(18)25)14-4-3-8-21-12-14/h2-13H,1H3,(H,22,25). The summed E-state index contributed by atoms with van der Waals surface area (Å²) >= 11 is 0. The second-order valence-corrected chi connectivity index (χ2v) is 5.70. The molecule has 1 N–H and O–H groups in total. The minimum absolute atomic E-state index is 0.178. The number of nitrogens with one attached hydrogen (secondary N) is 1. The lowest BCUT2D eigenvalue weighted by Gasteiger charge is -2.10. The molecule has 6 heteroatoms.